The number of hydrogen-bond donors (Lipinski definition) is 3. The lowest BCUT2D eigenvalue weighted by molar-refractivity contribution is 0.0992. The van der Waals surface area contributed by atoms with Gasteiger partial charge < -0.3 is 17.2 Å². The topological polar surface area (TPSA) is 129 Å². The van der Waals surface area contributed by atoms with E-state index in [4.69, 9.17) is 23.6 Å². The van der Waals surface area contributed by atoms with Crippen LogP contribution in [-0.4, -0.2) is 25.8 Å². The van der Waals surface area contributed by atoms with Crippen molar-refractivity contribution in [3.05, 3.63) is 105 Å². The van der Waals surface area contributed by atoms with Crippen molar-refractivity contribution in [3.63, 3.8) is 0 Å². The summed E-state index contributed by atoms with van der Waals surface area (Å²) in [4.78, 5) is 31.9. The van der Waals surface area contributed by atoms with Gasteiger partial charge in [0.05, 0.1) is 0 Å². The van der Waals surface area contributed by atoms with Crippen molar-refractivity contribution in [3.8, 4) is 23.8 Å². The number of benzene rings is 3. The summed E-state index contributed by atoms with van der Waals surface area (Å²) in [5, 5.41) is 0. The molecule has 0 aromatic heterocycles. The fourth-order valence-corrected chi connectivity index (χ4v) is 3.11. The maximum absolute atomic E-state index is 10.8. The average Bonchev–Trinajstić information content (AvgIpc) is 2.83. The zero-order valence-corrected chi connectivity index (χ0v) is 22.9. The maximum atomic E-state index is 10.8. The summed E-state index contributed by atoms with van der Waals surface area (Å²) in [6, 6.07) is 20.5. The molecule has 6 nitrogen and oxygen atoms in total. The van der Waals surface area contributed by atoms with Gasteiger partial charge in [0.15, 0.2) is 0 Å². The van der Waals surface area contributed by atoms with E-state index in [-0.39, 0.29) is 0 Å². The van der Waals surface area contributed by atoms with E-state index in [2.05, 4.69) is 53.0 Å². The molecule has 36 heavy (non-hydrogen) atoms. The second-order valence-corrected chi connectivity index (χ2v) is 14.1. The van der Waals surface area contributed by atoms with Crippen LogP contribution in [0, 0.1) is 23.8 Å². The van der Waals surface area contributed by atoms with Gasteiger partial charge in [0.25, 0.3) is 0 Å². The van der Waals surface area contributed by atoms with Crippen LogP contribution in [-0.2, 0) is 0 Å². The number of hydrogen-bond acceptors (Lipinski definition) is 3. The van der Waals surface area contributed by atoms with Gasteiger partial charge in [-0.1, -0.05) is 47.4 Å². The largest absolute Gasteiger partial charge is 0.366 e. The third kappa shape index (κ3) is 11.8. The molecule has 3 aromatic carbocycles. The zero-order valence-electron chi connectivity index (χ0n) is 20.3. The second-order valence-electron chi connectivity index (χ2n) is 8.40. The minimum absolute atomic E-state index is 0.396. The van der Waals surface area contributed by atoms with Crippen LogP contribution < -0.4 is 17.2 Å². The second kappa shape index (κ2) is 14.3. The molecule has 0 spiro atoms. The maximum Gasteiger partial charge on any atom is 0.248 e. The number of primary amides is 3. The third-order valence-electron chi connectivity index (χ3n) is 4.22. The molecule has 0 radical (unpaired) electrons. The Labute approximate surface area is 221 Å². The lowest BCUT2D eigenvalue weighted by Gasteiger charge is -2.03. The molecule has 8 heteroatoms. The summed E-state index contributed by atoms with van der Waals surface area (Å²) in [6.45, 7) is 6.58. The SMILES string of the molecule is C#Cc1ccc(C(N)=O)cc1.C[Si](C)(C)C#Cc1ccc(C(N)=O)cc1.NC(=O)c1ccc(Br)cc1. The Kier molecular flexibility index (Phi) is 11.9. The normalized spacial score (nSPS) is 9.53. The number of rotatable bonds is 3. The number of terminal acetylenes is 1. The molecule has 0 aliphatic carbocycles. The van der Waals surface area contributed by atoms with Gasteiger partial charge >= 0.3 is 0 Å². The fraction of sp³-hybridized carbons (Fsp3) is 0.107. The van der Waals surface area contributed by atoms with Gasteiger partial charge in [-0.15, -0.1) is 12.0 Å². The predicted molar refractivity (Wildman–Crippen MR) is 151 cm³/mol. The Bertz CT molecular complexity index is 1290. The van der Waals surface area contributed by atoms with Crippen LogP contribution >= 0.6 is 15.9 Å². The molecule has 0 fully saturated rings. The van der Waals surface area contributed by atoms with Crippen LogP contribution in [0.15, 0.2) is 77.3 Å². The molecule has 0 atom stereocenters. The average molecular weight is 563 g/mol. The Hall–Kier alpha value is -4.11. The van der Waals surface area contributed by atoms with Crippen LogP contribution in [0.25, 0.3) is 0 Å². The molecular formula is C28H28BrN3O3Si. The minimum Gasteiger partial charge on any atom is -0.366 e. The van der Waals surface area contributed by atoms with Gasteiger partial charge in [-0.3, -0.25) is 14.4 Å². The fourth-order valence-electron chi connectivity index (χ4n) is 2.32. The summed E-state index contributed by atoms with van der Waals surface area (Å²) >= 11 is 3.24. The lowest BCUT2D eigenvalue weighted by Crippen LogP contribution is -2.16. The Morgan fingerprint density at radius 1 is 0.667 bits per heavy atom. The highest BCUT2D eigenvalue weighted by atomic mass is 79.9. The molecule has 0 aliphatic rings. The monoisotopic (exact) mass is 561 g/mol. The van der Waals surface area contributed by atoms with Crippen LogP contribution in [0.5, 0.6) is 0 Å². The van der Waals surface area contributed by atoms with Gasteiger partial charge in [0, 0.05) is 32.3 Å². The van der Waals surface area contributed by atoms with Crippen LogP contribution in [0.4, 0.5) is 0 Å². The molecule has 0 bridgehead atoms. The van der Waals surface area contributed by atoms with E-state index in [9.17, 15) is 14.4 Å². The highest BCUT2D eigenvalue weighted by Gasteiger charge is 2.07. The number of carbonyl (C=O) groups is 3. The summed E-state index contributed by atoms with van der Waals surface area (Å²) in [7, 11) is -1.33. The molecule has 0 unspecified atom stereocenters. The van der Waals surface area contributed by atoms with Crippen molar-refractivity contribution in [1.29, 1.82) is 0 Å². The summed E-state index contributed by atoms with van der Waals surface area (Å²) in [6.07, 6.45) is 5.11. The van der Waals surface area contributed by atoms with Crippen molar-refractivity contribution in [2.24, 2.45) is 17.2 Å². The van der Waals surface area contributed by atoms with E-state index in [1.54, 1.807) is 60.7 Å². The highest BCUT2D eigenvalue weighted by Crippen LogP contribution is 2.09. The zero-order chi connectivity index (χ0) is 27.3. The highest BCUT2D eigenvalue weighted by molar-refractivity contribution is 9.10. The van der Waals surface area contributed by atoms with Crippen molar-refractivity contribution < 1.29 is 14.4 Å². The van der Waals surface area contributed by atoms with E-state index < -0.39 is 25.8 Å². The molecule has 6 N–H and O–H groups in total. The Morgan fingerprint density at radius 2 is 1.00 bits per heavy atom. The van der Waals surface area contributed by atoms with E-state index in [1.807, 2.05) is 12.1 Å². The smallest absolute Gasteiger partial charge is 0.248 e. The van der Waals surface area contributed by atoms with Crippen molar-refractivity contribution in [2.45, 2.75) is 19.6 Å². The third-order valence-corrected chi connectivity index (χ3v) is 5.62. The first-order valence-electron chi connectivity index (χ1n) is 10.7. The van der Waals surface area contributed by atoms with Crippen molar-refractivity contribution in [1.82, 2.24) is 0 Å². The van der Waals surface area contributed by atoms with Gasteiger partial charge in [-0.2, -0.15) is 0 Å². The molecule has 184 valence electrons. The summed E-state index contributed by atoms with van der Waals surface area (Å²) in [5.74, 6) is 4.32. The van der Waals surface area contributed by atoms with E-state index >= 15 is 0 Å². The summed E-state index contributed by atoms with van der Waals surface area (Å²) in [5.41, 5.74) is 21.6. The van der Waals surface area contributed by atoms with E-state index in [1.165, 1.54) is 0 Å². The number of amides is 3. The first kappa shape index (κ1) is 29.9. The molecular weight excluding hydrogens is 534 g/mol. The van der Waals surface area contributed by atoms with E-state index in [0.29, 0.717) is 16.7 Å². The molecule has 0 heterocycles. The number of nitrogens with two attached hydrogens (primary N) is 3. The van der Waals surface area contributed by atoms with Gasteiger partial charge in [-0.05, 0) is 72.8 Å². The summed E-state index contributed by atoms with van der Waals surface area (Å²) < 4.78 is 0.942. The van der Waals surface area contributed by atoms with Crippen molar-refractivity contribution >= 4 is 41.7 Å². The van der Waals surface area contributed by atoms with Gasteiger partial charge in [0.1, 0.15) is 8.07 Å². The molecule has 3 aromatic rings. The standard InChI is InChI=1S/C12H15NOSi.C9H7NO.C7H6BrNO/c1-15(2,3)9-8-10-4-6-11(7-5-10)12(13)14;1-2-7-3-5-8(6-4-7)9(10)11;8-6-3-1-5(2-4-6)7(9)10/h4-7H,1-3H3,(H2,13,14);1,3-6H,(H2,10,11);1-4H,(H2,9,10). The molecule has 3 amide bonds. The molecule has 0 saturated heterocycles. The number of carbonyl (C=O) groups excluding carboxylic acids is 3. The first-order valence-corrected chi connectivity index (χ1v) is 15.0. The van der Waals surface area contributed by atoms with Crippen molar-refractivity contribution in [2.75, 3.05) is 0 Å². The van der Waals surface area contributed by atoms with Gasteiger partial charge in [0.2, 0.25) is 17.7 Å². The molecule has 3 rings (SSSR count). The van der Waals surface area contributed by atoms with Crippen LogP contribution in [0.3, 0.4) is 0 Å². The van der Waals surface area contributed by atoms with Gasteiger partial charge in [-0.25, -0.2) is 0 Å². The quantitative estimate of drug-likeness (QED) is 0.325. The van der Waals surface area contributed by atoms with Crippen LogP contribution in [0.2, 0.25) is 19.6 Å². The predicted octanol–water partition coefficient (Wildman–Crippen LogP) is 4.33. The Morgan fingerprint density at radius 3 is 1.31 bits per heavy atom. The lowest BCUT2D eigenvalue weighted by atomic mass is 10.1. The Balaban J connectivity index is 0.000000277. The molecule has 0 saturated carbocycles. The van der Waals surface area contributed by atoms with Crippen LogP contribution in [0.1, 0.15) is 42.2 Å². The van der Waals surface area contributed by atoms with E-state index in [0.717, 1.165) is 15.6 Å². The number of halogens is 1. The molecule has 0 aliphatic heterocycles. The minimum atomic E-state index is -1.33. The first-order chi connectivity index (χ1) is 16.8.